The fourth-order valence-corrected chi connectivity index (χ4v) is 3.98. The van der Waals surface area contributed by atoms with Crippen LogP contribution >= 0.6 is 0 Å². The lowest BCUT2D eigenvalue weighted by atomic mass is 9.98. The van der Waals surface area contributed by atoms with Gasteiger partial charge in [-0.15, -0.1) is 6.42 Å². The van der Waals surface area contributed by atoms with Gasteiger partial charge in [-0.25, -0.2) is 9.97 Å². The van der Waals surface area contributed by atoms with Crippen LogP contribution in [0.1, 0.15) is 5.69 Å². The number of fused-ring (bicyclic) bond motifs is 4. The molecule has 7 heteroatoms. The maximum absolute atomic E-state index is 11.8. The molecule has 0 spiro atoms. The average molecular weight is 380 g/mol. The number of benzene rings is 1. The molecule has 140 valence electrons. The molecule has 3 N–H and O–H groups in total. The number of rotatable bonds is 2. The predicted octanol–water partition coefficient (Wildman–Crippen LogP) is 2.37. The molecule has 7 nitrogen and oxygen atoms in total. The number of para-hydroxylation sites is 1. The molecule has 1 atom stereocenters. The highest BCUT2D eigenvalue weighted by molar-refractivity contribution is 6.08. The molecule has 4 aromatic rings. The summed E-state index contributed by atoms with van der Waals surface area (Å²) in [5.74, 6) is 2.00. The summed E-state index contributed by atoms with van der Waals surface area (Å²) in [6.45, 7) is 4.69. The van der Waals surface area contributed by atoms with Gasteiger partial charge in [0.15, 0.2) is 0 Å². The Balaban J connectivity index is 1.77. The normalized spacial score (nSPS) is 15.4. The van der Waals surface area contributed by atoms with Crippen molar-refractivity contribution in [3.05, 3.63) is 55.1 Å². The van der Waals surface area contributed by atoms with Crippen molar-refractivity contribution in [1.82, 2.24) is 24.8 Å². The maximum Gasteiger partial charge on any atom is 0.296 e. The minimum Gasteiger partial charge on any atom is -0.383 e. The number of amides is 1. The number of pyridine rings is 1. The van der Waals surface area contributed by atoms with Crippen molar-refractivity contribution in [3.8, 4) is 23.5 Å². The second-order valence-electron chi connectivity index (χ2n) is 6.90. The molecular weight excluding hydrogens is 364 g/mol. The Bertz CT molecular complexity index is 1380. The largest absolute Gasteiger partial charge is 0.383 e. The summed E-state index contributed by atoms with van der Waals surface area (Å²) in [6, 6.07) is 9.63. The van der Waals surface area contributed by atoms with Crippen molar-refractivity contribution >= 4 is 39.2 Å². The lowest BCUT2D eigenvalue weighted by Gasteiger charge is -2.13. The van der Waals surface area contributed by atoms with Gasteiger partial charge in [-0.1, -0.05) is 24.8 Å². The molecule has 1 aliphatic rings. The highest BCUT2D eigenvalue weighted by Crippen LogP contribution is 2.43. The van der Waals surface area contributed by atoms with Crippen molar-refractivity contribution in [3.63, 3.8) is 0 Å². The maximum atomic E-state index is 11.8. The van der Waals surface area contributed by atoms with Gasteiger partial charge >= 0.3 is 0 Å². The molecule has 1 amide bonds. The molecule has 0 radical (unpaired) electrons. The number of carbonyl (C=O) groups is 1. The minimum atomic E-state index is -0.478. The van der Waals surface area contributed by atoms with Gasteiger partial charge in [0.25, 0.3) is 5.91 Å². The third kappa shape index (κ3) is 2.47. The van der Waals surface area contributed by atoms with Gasteiger partial charge in [0.1, 0.15) is 17.8 Å². The molecule has 5 rings (SSSR count). The van der Waals surface area contributed by atoms with Crippen LogP contribution in [-0.4, -0.2) is 31.5 Å². The summed E-state index contributed by atoms with van der Waals surface area (Å²) in [5.41, 5.74) is 11.2. The van der Waals surface area contributed by atoms with Gasteiger partial charge < -0.3 is 15.6 Å². The molecule has 0 unspecified atom stereocenters. The zero-order chi connectivity index (χ0) is 20.1. The number of nitrogen functional groups attached to an aromatic ring is 1. The number of aromatic nitrogens is 4. The number of nitrogens with one attached hydrogen (secondary N) is 1. The topological polar surface area (TPSA) is 98.7 Å². The lowest BCUT2D eigenvalue weighted by Crippen LogP contribution is -2.34. The van der Waals surface area contributed by atoms with E-state index in [-0.39, 0.29) is 6.04 Å². The number of hydrogen-bond donors (Lipinski definition) is 2. The molecule has 0 bridgehead atoms. The van der Waals surface area contributed by atoms with Gasteiger partial charge in [-0.3, -0.25) is 9.78 Å². The van der Waals surface area contributed by atoms with Crippen LogP contribution < -0.4 is 11.1 Å². The highest BCUT2D eigenvalue weighted by atomic mass is 16.1. The molecule has 0 aliphatic carbocycles. The van der Waals surface area contributed by atoms with Crippen molar-refractivity contribution in [1.29, 1.82) is 0 Å². The number of carbonyl (C=O) groups excluding carboxylic acids is 1. The molecule has 0 saturated carbocycles. The lowest BCUT2D eigenvalue weighted by molar-refractivity contribution is -0.116. The summed E-state index contributed by atoms with van der Waals surface area (Å²) in [4.78, 5) is 25.0. The first-order valence-electron chi connectivity index (χ1n) is 9.02. The van der Waals surface area contributed by atoms with Crippen molar-refractivity contribution in [2.75, 3.05) is 5.73 Å². The summed E-state index contributed by atoms with van der Waals surface area (Å²) in [5, 5.41) is 4.57. The Morgan fingerprint density at radius 2 is 2.14 bits per heavy atom. The van der Waals surface area contributed by atoms with Crippen LogP contribution in [0.25, 0.3) is 38.6 Å². The van der Waals surface area contributed by atoms with E-state index in [9.17, 15) is 4.79 Å². The molecule has 29 heavy (non-hydrogen) atoms. The number of nitrogens with zero attached hydrogens (tertiary/aromatic N) is 4. The van der Waals surface area contributed by atoms with Gasteiger partial charge in [0.2, 0.25) is 0 Å². The molecule has 1 aromatic carbocycles. The Morgan fingerprint density at radius 1 is 1.31 bits per heavy atom. The third-order valence-electron chi connectivity index (χ3n) is 5.27. The van der Waals surface area contributed by atoms with Crippen molar-refractivity contribution < 1.29 is 4.79 Å². The average Bonchev–Trinajstić information content (AvgIpc) is 3.23. The number of hydrogen-bond acceptors (Lipinski definition) is 5. The standard InChI is InChI=1S/C22H16N6O/c1-3-17(29)27-16-10-28-20(12(16)2)18(19-21(23)25-11-26-22(19)28)14-8-13-6-4-5-7-15(13)24-9-14/h1,4-9,11,16H,2,10H2,(H,27,29)(H2,23,25,26)/t16-/m1/s1. The van der Waals surface area contributed by atoms with E-state index in [0.29, 0.717) is 18.0 Å². The van der Waals surface area contributed by atoms with Gasteiger partial charge in [0.05, 0.1) is 22.6 Å². The van der Waals surface area contributed by atoms with Crippen LogP contribution in [0.4, 0.5) is 5.82 Å². The molecule has 4 heterocycles. The summed E-state index contributed by atoms with van der Waals surface area (Å²) in [7, 11) is 0. The zero-order valence-electron chi connectivity index (χ0n) is 15.4. The summed E-state index contributed by atoms with van der Waals surface area (Å²) >= 11 is 0. The van der Waals surface area contributed by atoms with E-state index < -0.39 is 5.91 Å². The zero-order valence-corrected chi connectivity index (χ0v) is 15.4. The first kappa shape index (κ1) is 17.0. The fraction of sp³-hybridized carbons (Fsp3) is 0.0909. The summed E-state index contributed by atoms with van der Waals surface area (Å²) < 4.78 is 2.00. The molecule has 0 fully saturated rings. The van der Waals surface area contributed by atoms with Crippen LogP contribution in [0.5, 0.6) is 0 Å². The van der Waals surface area contributed by atoms with Gasteiger partial charge in [0, 0.05) is 29.3 Å². The van der Waals surface area contributed by atoms with E-state index in [4.69, 9.17) is 12.2 Å². The van der Waals surface area contributed by atoms with E-state index in [1.165, 1.54) is 6.33 Å². The van der Waals surface area contributed by atoms with Crippen molar-refractivity contribution in [2.45, 2.75) is 12.6 Å². The smallest absolute Gasteiger partial charge is 0.296 e. The second-order valence-corrected chi connectivity index (χ2v) is 6.90. The molecule has 0 saturated heterocycles. The van der Waals surface area contributed by atoms with Crippen LogP contribution in [0.3, 0.4) is 0 Å². The predicted molar refractivity (Wildman–Crippen MR) is 112 cm³/mol. The van der Waals surface area contributed by atoms with Crippen LogP contribution in [-0.2, 0) is 11.3 Å². The Morgan fingerprint density at radius 3 is 2.97 bits per heavy atom. The number of nitrogens with two attached hydrogens (primary N) is 1. The Kier molecular flexibility index (Phi) is 3.61. The monoisotopic (exact) mass is 380 g/mol. The second kappa shape index (κ2) is 6.17. The van der Waals surface area contributed by atoms with E-state index in [0.717, 1.165) is 38.7 Å². The number of terminal acetylenes is 1. The summed E-state index contributed by atoms with van der Waals surface area (Å²) in [6.07, 6.45) is 8.46. The fourth-order valence-electron chi connectivity index (χ4n) is 3.98. The molecule has 3 aromatic heterocycles. The minimum absolute atomic E-state index is 0.318. The van der Waals surface area contributed by atoms with E-state index in [2.05, 4.69) is 38.8 Å². The van der Waals surface area contributed by atoms with Crippen LogP contribution in [0.15, 0.2) is 49.4 Å². The van der Waals surface area contributed by atoms with E-state index in [1.54, 1.807) is 0 Å². The van der Waals surface area contributed by atoms with Crippen molar-refractivity contribution in [2.24, 2.45) is 0 Å². The van der Waals surface area contributed by atoms with Gasteiger partial charge in [-0.05, 0) is 23.6 Å². The van der Waals surface area contributed by atoms with Crippen LogP contribution in [0.2, 0.25) is 0 Å². The number of anilines is 1. The SMILES string of the molecule is C#CC(=O)N[C@@H]1Cn2c(c(-c3cnc4ccccc4c3)c3c(N)ncnc32)C1=C. The Hall–Kier alpha value is -4.18. The third-order valence-corrected chi connectivity index (χ3v) is 5.27. The van der Waals surface area contributed by atoms with E-state index in [1.807, 2.05) is 35.0 Å². The van der Waals surface area contributed by atoms with Crippen LogP contribution in [0, 0.1) is 12.3 Å². The Labute approximate surface area is 166 Å². The highest BCUT2D eigenvalue weighted by Gasteiger charge is 2.34. The molecular formula is C22H16N6O. The quantitative estimate of drug-likeness (QED) is 0.520. The molecule has 1 aliphatic heterocycles. The first-order valence-corrected chi connectivity index (χ1v) is 9.02. The van der Waals surface area contributed by atoms with E-state index >= 15 is 0 Å². The first-order chi connectivity index (χ1) is 14.1. The van der Waals surface area contributed by atoms with Gasteiger partial charge in [-0.2, -0.15) is 0 Å².